The molecule has 4 aromatic rings. The summed E-state index contributed by atoms with van der Waals surface area (Å²) in [5, 5.41) is 7.30. The Kier molecular flexibility index (Phi) is 7.48. The average Bonchev–Trinajstić information content (AvgIpc) is 2.83. The lowest BCUT2D eigenvalue weighted by Crippen LogP contribution is -2.12. The van der Waals surface area contributed by atoms with Gasteiger partial charge >= 0.3 is 0 Å². The van der Waals surface area contributed by atoms with E-state index in [1.165, 1.54) is 55.9 Å². The molecule has 0 aromatic heterocycles. The van der Waals surface area contributed by atoms with Gasteiger partial charge in [0.15, 0.2) is 0 Å². The van der Waals surface area contributed by atoms with Crippen LogP contribution in [0.15, 0.2) is 72.8 Å². The van der Waals surface area contributed by atoms with Crippen LogP contribution in [0.5, 0.6) is 0 Å². The average molecular weight is 505 g/mol. The van der Waals surface area contributed by atoms with Gasteiger partial charge in [0.2, 0.25) is 0 Å². The van der Waals surface area contributed by atoms with Crippen molar-refractivity contribution in [3.63, 3.8) is 0 Å². The number of hydrogen-bond donors (Lipinski definition) is 2. The first-order chi connectivity index (χ1) is 17.7. The van der Waals surface area contributed by atoms with Gasteiger partial charge in [0.25, 0.3) is 0 Å². The Morgan fingerprint density at radius 1 is 0.421 bits per heavy atom. The molecule has 4 aromatic carbocycles. The molecule has 2 N–H and O–H groups in total. The maximum atomic E-state index is 3.65. The van der Waals surface area contributed by atoms with Crippen molar-refractivity contribution in [3.8, 4) is 11.1 Å². The molecule has 0 atom stereocenters. The summed E-state index contributed by atoms with van der Waals surface area (Å²) in [5.41, 5.74) is 15.2. The van der Waals surface area contributed by atoms with E-state index in [0.717, 1.165) is 11.4 Å². The molecule has 0 saturated carbocycles. The van der Waals surface area contributed by atoms with Crippen LogP contribution in [0.25, 0.3) is 11.1 Å². The third kappa shape index (κ3) is 6.13. The van der Waals surface area contributed by atoms with Crippen LogP contribution in [0.2, 0.25) is 0 Å². The van der Waals surface area contributed by atoms with Crippen molar-refractivity contribution in [2.24, 2.45) is 0 Å². The van der Waals surface area contributed by atoms with Crippen LogP contribution >= 0.6 is 0 Å². The molecule has 4 rings (SSSR count). The van der Waals surface area contributed by atoms with Gasteiger partial charge in [0.1, 0.15) is 0 Å². The molecular weight excluding hydrogens is 460 g/mol. The number of benzene rings is 4. The van der Waals surface area contributed by atoms with Crippen molar-refractivity contribution >= 4 is 22.7 Å². The Hall–Kier alpha value is -3.52. The molecule has 198 valence electrons. The van der Waals surface area contributed by atoms with E-state index >= 15 is 0 Å². The summed E-state index contributed by atoms with van der Waals surface area (Å²) < 4.78 is 0. The topological polar surface area (TPSA) is 24.1 Å². The molecule has 0 aliphatic heterocycles. The summed E-state index contributed by atoms with van der Waals surface area (Å²) in [6.07, 6.45) is 0. The molecule has 2 heteroatoms. The SMILES string of the molecule is Cc1cc(C(C)(C)C)cc(C)c1Nc1ccc(-c2ccc(Nc3c(C)cc(C(C)(C)C)cc3C)cc2)cc1. The Balaban J connectivity index is 1.48. The zero-order valence-electron chi connectivity index (χ0n) is 24.9. The second kappa shape index (κ2) is 10.3. The van der Waals surface area contributed by atoms with Crippen molar-refractivity contribution in [2.75, 3.05) is 10.6 Å². The number of hydrogen-bond acceptors (Lipinski definition) is 2. The molecule has 0 amide bonds. The van der Waals surface area contributed by atoms with E-state index in [1.807, 2.05) is 0 Å². The Bertz CT molecular complexity index is 1270. The van der Waals surface area contributed by atoms with E-state index in [4.69, 9.17) is 0 Å². The first-order valence-electron chi connectivity index (χ1n) is 13.7. The third-order valence-corrected chi connectivity index (χ3v) is 7.44. The normalized spacial score (nSPS) is 11.9. The lowest BCUT2D eigenvalue weighted by Gasteiger charge is -2.23. The Morgan fingerprint density at radius 2 is 0.684 bits per heavy atom. The minimum atomic E-state index is 0.148. The summed E-state index contributed by atoms with van der Waals surface area (Å²) >= 11 is 0. The summed E-state index contributed by atoms with van der Waals surface area (Å²) in [7, 11) is 0. The van der Waals surface area contributed by atoms with Crippen LogP contribution in [-0.4, -0.2) is 0 Å². The van der Waals surface area contributed by atoms with E-state index in [9.17, 15) is 0 Å². The Labute approximate surface area is 230 Å². The summed E-state index contributed by atoms with van der Waals surface area (Å²) in [5.74, 6) is 0. The summed E-state index contributed by atoms with van der Waals surface area (Å²) in [4.78, 5) is 0. The maximum absolute atomic E-state index is 3.65. The van der Waals surface area contributed by atoms with Crippen LogP contribution < -0.4 is 10.6 Å². The van der Waals surface area contributed by atoms with Crippen LogP contribution in [-0.2, 0) is 10.8 Å². The monoisotopic (exact) mass is 504 g/mol. The van der Waals surface area contributed by atoms with Gasteiger partial charge < -0.3 is 10.6 Å². The molecule has 0 heterocycles. The molecule has 0 aliphatic carbocycles. The molecular formula is C36H44N2. The van der Waals surface area contributed by atoms with Crippen molar-refractivity contribution in [1.29, 1.82) is 0 Å². The van der Waals surface area contributed by atoms with Crippen LogP contribution in [0.4, 0.5) is 22.7 Å². The predicted molar refractivity (Wildman–Crippen MR) is 168 cm³/mol. The second-order valence-corrected chi connectivity index (χ2v) is 12.9. The van der Waals surface area contributed by atoms with Crippen LogP contribution in [0, 0.1) is 27.7 Å². The fraction of sp³-hybridized carbons (Fsp3) is 0.333. The number of anilines is 4. The van der Waals surface area contributed by atoms with E-state index in [-0.39, 0.29) is 10.8 Å². The smallest absolute Gasteiger partial charge is 0.0443 e. The summed E-state index contributed by atoms with van der Waals surface area (Å²) in [6, 6.07) is 26.7. The minimum Gasteiger partial charge on any atom is -0.355 e. The lowest BCUT2D eigenvalue weighted by atomic mass is 9.84. The molecule has 0 saturated heterocycles. The molecule has 0 aliphatic rings. The van der Waals surface area contributed by atoms with Gasteiger partial charge in [-0.15, -0.1) is 0 Å². The fourth-order valence-electron chi connectivity index (χ4n) is 4.97. The van der Waals surface area contributed by atoms with Gasteiger partial charge in [-0.25, -0.2) is 0 Å². The quantitative estimate of drug-likeness (QED) is 0.282. The second-order valence-electron chi connectivity index (χ2n) is 12.9. The molecule has 0 fully saturated rings. The standard InChI is InChI=1S/C36H44N2/c1-23-19-29(35(5,6)7)20-24(2)33(23)37-31-15-11-27(12-16-31)28-13-17-32(18-14-28)38-34-25(3)21-30(22-26(34)4)36(8,9)10/h11-22,37-38H,1-10H3. The number of aryl methyl sites for hydroxylation is 4. The lowest BCUT2D eigenvalue weighted by molar-refractivity contribution is 0.589. The van der Waals surface area contributed by atoms with Gasteiger partial charge in [0, 0.05) is 22.7 Å². The number of nitrogens with one attached hydrogen (secondary N) is 2. The summed E-state index contributed by atoms with van der Waals surface area (Å²) in [6.45, 7) is 22.4. The highest BCUT2D eigenvalue weighted by Gasteiger charge is 2.17. The highest BCUT2D eigenvalue weighted by molar-refractivity contribution is 5.74. The maximum Gasteiger partial charge on any atom is 0.0443 e. The molecule has 0 spiro atoms. The zero-order chi connectivity index (χ0) is 27.8. The largest absolute Gasteiger partial charge is 0.355 e. The van der Waals surface area contributed by atoms with Gasteiger partial charge in [-0.1, -0.05) is 90.1 Å². The van der Waals surface area contributed by atoms with Gasteiger partial charge in [0.05, 0.1) is 0 Å². The predicted octanol–water partition coefficient (Wildman–Crippen LogP) is 10.7. The van der Waals surface area contributed by atoms with Crippen molar-refractivity contribution in [1.82, 2.24) is 0 Å². The van der Waals surface area contributed by atoms with E-state index in [1.54, 1.807) is 0 Å². The van der Waals surface area contributed by atoms with Gasteiger partial charge in [-0.05, 0) is 107 Å². The van der Waals surface area contributed by atoms with Crippen molar-refractivity contribution < 1.29 is 0 Å². The van der Waals surface area contributed by atoms with E-state index in [0.29, 0.717) is 0 Å². The van der Waals surface area contributed by atoms with Gasteiger partial charge in [-0.3, -0.25) is 0 Å². The van der Waals surface area contributed by atoms with E-state index in [2.05, 4.69) is 153 Å². The molecule has 0 unspecified atom stereocenters. The third-order valence-electron chi connectivity index (χ3n) is 7.44. The van der Waals surface area contributed by atoms with Crippen LogP contribution in [0.3, 0.4) is 0 Å². The molecule has 0 bridgehead atoms. The van der Waals surface area contributed by atoms with Crippen molar-refractivity contribution in [3.05, 3.63) is 106 Å². The first-order valence-corrected chi connectivity index (χ1v) is 13.7. The zero-order valence-corrected chi connectivity index (χ0v) is 24.9. The Morgan fingerprint density at radius 3 is 0.921 bits per heavy atom. The van der Waals surface area contributed by atoms with E-state index < -0.39 is 0 Å². The molecule has 2 nitrogen and oxygen atoms in total. The molecule has 38 heavy (non-hydrogen) atoms. The highest BCUT2D eigenvalue weighted by Crippen LogP contribution is 2.34. The fourth-order valence-corrected chi connectivity index (χ4v) is 4.97. The van der Waals surface area contributed by atoms with Crippen LogP contribution in [0.1, 0.15) is 74.9 Å². The first kappa shape index (κ1) is 27.5. The van der Waals surface area contributed by atoms with Gasteiger partial charge in [-0.2, -0.15) is 0 Å². The highest BCUT2D eigenvalue weighted by atomic mass is 14.9. The molecule has 0 radical (unpaired) electrons. The number of rotatable bonds is 5. The van der Waals surface area contributed by atoms with Crippen molar-refractivity contribution in [2.45, 2.75) is 80.1 Å². The minimum absolute atomic E-state index is 0.148.